The third kappa shape index (κ3) is 4.47. The van der Waals surface area contributed by atoms with Crippen LogP contribution >= 0.6 is 0 Å². The SMILES string of the molecule is CCOC1CCCC/C1=N\[NH+]1C(=O)C(C#N)=C(C(F)(F)F)C=C1c1ccccc1. The number of nitrogens with zero attached hydrogens (tertiary/aromatic N) is 2. The summed E-state index contributed by atoms with van der Waals surface area (Å²) < 4.78 is 46.3. The first kappa shape index (κ1) is 21.0. The Morgan fingerprint density at radius 1 is 1.28 bits per heavy atom. The van der Waals surface area contributed by atoms with Gasteiger partial charge >= 0.3 is 12.1 Å². The summed E-state index contributed by atoms with van der Waals surface area (Å²) in [6.07, 6.45) is -1.08. The molecule has 1 heterocycles. The van der Waals surface area contributed by atoms with Gasteiger partial charge < -0.3 is 4.74 Å². The van der Waals surface area contributed by atoms with E-state index in [9.17, 15) is 23.2 Å². The van der Waals surface area contributed by atoms with Crippen molar-refractivity contribution in [2.45, 2.75) is 44.9 Å². The van der Waals surface area contributed by atoms with Gasteiger partial charge in [-0.05, 0) is 38.3 Å². The standard InChI is InChI=1S/C21H20F3N3O2/c1-2-29-19-11-7-6-10-17(19)26-27-18(14-8-4-3-5-9-14)12-16(21(22,23)24)15(13-25)20(27)28/h3-5,8-9,12,19H,2,6-7,10-11H2,1H3/p+1/b26-17+. The largest absolute Gasteiger partial charge is 0.418 e. The highest BCUT2D eigenvalue weighted by Gasteiger charge is 2.46. The predicted octanol–water partition coefficient (Wildman–Crippen LogP) is 3.17. The molecule has 152 valence electrons. The Bertz CT molecular complexity index is 909. The first-order chi connectivity index (χ1) is 13.9. The molecule has 1 N–H and O–H groups in total. The van der Waals surface area contributed by atoms with Crippen LogP contribution in [0.15, 0.2) is 52.7 Å². The molecule has 0 bridgehead atoms. The number of rotatable bonds is 4. The van der Waals surface area contributed by atoms with Gasteiger partial charge in [0.2, 0.25) is 0 Å². The zero-order valence-corrected chi connectivity index (χ0v) is 15.9. The number of nitriles is 1. The van der Waals surface area contributed by atoms with Gasteiger partial charge in [0, 0.05) is 18.2 Å². The molecule has 0 aromatic heterocycles. The van der Waals surface area contributed by atoms with Crippen molar-refractivity contribution in [1.29, 1.82) is 5.26 Å². The number of allylic oxidation sites excluding steroid dienone is 2. The Balaban J connectivity index is 2.14. The van der Waals surface area contributed by atoms with Crippen LogP contribution < -0.4 is 5.01 Å². The number of nitrogens with one attached hydrogen (secondary N) is 1. The molecule has 0 spiro atoms. The van der Waals surface area contributed by atoms with Crippen LogP contribution in [0.2, 0.25) is 0 Å². The Morgan fingerprint density at radius 2 is 2.00 bits per heavy atom. The van der Waals surface area contributed by atoms with Crippen LogP contribution in [0.3, 0.4) is 0 Å². The minimum absolute atomic E-state index is 0.0650. The lowest BCUT2D eigenvalue weighted by Crippen LogP contribution is -3.08. The molecule has 1 fully saturated rings. The zero-order chi connectivity index (χ0) is 21.0. The number of benzene rings is 1. The number of alkyl halides is 3. The van der Waals surface area contributed by atoms with Crippen LogP contribution in [0.4, 0.5) is 13.2 Å². The lowest BCUT2D eigenvalue weighted by Gasteiger charge is -2.26. The summed E-state index contributed by atoms with van der Waals surface area (Å²) in [5.74, 6) is -1.01. The molecule has 1 aromatic carbocycles. The molecule has 2 aliphatic rings. The number of carbonyl (C=O) groups is 1. The fourth-order valence-electron chi connectivity index (χ4n) is 3.55. The highest BCUT2D eigenvalue weighted by molar-refractivity contribution is 5.98. The van der Waals surface area contributed by atoms with Gasteiger partial charge in [-0.1, -0.05) is 29.7 Å². The minimum atomic E-state index is -4.82. The Kier molecular flexibility index (Phi) is 6.30. The Hall–Kier alpha value is -2.76. The molecule has 1 aromatic rings. The lowest BCUT2D eigenvalue weighted by molar-refractivity contribution is -0.747. The van der Waals surface area contributed by atoms with E-state index in [1.54, 1.807) is 30.3 Å². The van der Waals surface area contributed by atoms with Crippen molar-refractivity contribution >= 4 is 17.3 Å². The summed E-state index contributed by atoms with van der Waals surface area (Å²) in [6, 6.07) is 9.74. The minimum Gasteiger partial charge on any atom is -0.372 e. The molecular weight excluding hydrogens is 383 g/mol. The van der Waals surface area contributed by atoms with Crippen LogP contribution in [0, 0.1) is 11.3 Å². The average Bonchev–Trinajstić information content (AvgIpc) is 2.70. The summed E-state index contributed by atoms with van der Waals surface area (Å²) in [4.78, 5) is 12.9. The van der Waals surface area contributed by atoms with E-state index in [4.69, 9.17) is 4.74 Å². The van der Waals surface area contributed by atoms with Crippen molar-refractivity contribution in [3.63, 3.8) is 0 Å². The molecule has 0 radical (unpaired) electrons. The van der Waals surface area contributed by atoms with E-state index in [1.165, 1.54) is 6.07 Å². The second kappa shape index (κ2) is 8.72. The summed E-state index contributed by atoms with van der Waals surface area (Å²) in [6.45, 7) is 2.32. The van der Waals surface area contributed by atoms with Crippen LogP contribution in [0.5, 0.6) is 0 Å². The molecule has 29 heavy (non-hydrogen) atoms. The van der Waals surface area contributed by atoms with E-state index in [1.807, 2.05) is 6.92 Å². The number of halogens is 3. The maximum Gasteiger partial charge on any atom is 0.418 e. The van der Waals surface area contributed by atoms with Crippen molar-refractivity contribution in [3.05, 3.63) is 53.1 Å². The molecule has 1 aliphatic carbocycles. The van der Waals surface area contributed by atoms with Crippen molar-refractivity contribution in [1.82, 2.24) is 0 Å². The molecule has 3 rings (SSSR count). The molecule has 1 aliphatic heterocycles. The molecule has 1 saturated carbocycles. The van der Waals surface area contributed by atoms with E-state index in [-0.39, 0.29) is 16.8 Å². The fraction of sp³-hybridized carbons (Fsp3) is 0.381. The molecule has 2 atom stereocenters. The molecular formula is C21H21F3N3O2+. The van der Waals surface area contributed by atoms with E-state index in [0.29, 0.717) is 24.3 Å². The fourth-order valence-corrected chi connectivity index (χ4v) is 3.55. The number of hydrogen-bond donors (Lipinski definition) is 1. The molecule has 0 saturated heterocycles. The van der Waals surface area contributed by atoms with Crippen molar-refractivity contribution in [2.75, 3.05) is 6.61 Å². The number of ether oxygens (including phenoxy) is 1. The van der Waals surface area contributed by atoms with Gasteiger partial charge in [-0.3, -0.25) is 0 Å². The third-order valence-corrected chi connectivity index (χ3v) is 4.90. The second-order valence-electron chi connectivity index (χ2n) is 6.79. The van der Waals surface area contributed by atoms with Gasteiger partial charge in [0.05, 0.1) is 5.57 Å². The predicted molar refractivity (Wildman–Crippen MR) is 100 cm³/mol. The van der Waals surface area contributed by atoms with Gasteiger partial charge in [0.15, 0.2) is 11.3 Å². The second-order valence-corrected chi connectivity index (χ2v) is 6.79. The summed E-state index contributed by atoms with van der Waals surface area (Å²) in [5.41, 5.74) is -1.04. The highest BCUT2D eigenvalue weighted by atomic mass is 19.4. The maximum atomic E-state index is 13.5. The van der Waals surface area contributed by atoms with Crippen LogP contribution in [-0.2, 0) is 9.53 Å². The topological polar surface area (TPSA) is 66.9 Å². The molecule has 5 nitrogen and oxygen atoms in total. The quantitative estimate of drug-likeness (QED) is 0.838. The van der Waals surface area contributed by atoms with Crippen LogP contribution in [0.1, 0.15) is 38.2 Å². The smallest absolute Gasteiger partial charge is 0.372 e. The van der Waals surface area contributed by atoms with Gasteiger partial charge in [-0.2, -0.15) is 18.4 Å². The van der Waals surface area contributed by atoms with E-state index >= 15 is 0 Å². The zero-order valence-electron chi connectivity index (χ0n) is 15.9. The van der Waals surface area contributed by atoms with Crippen molar-refractivity contribution in [2.24, 2.45) is 5.10 Å². The normalized spacial score (nSPS) is 24.4. The molecule has 1 amide bonds. The van der Waals surface area contributed by atoms with Crippen LogP contribution in [0.25, 0.3) is 5.70 Å². The maximum absolute atomic E-state index is 13.5. The number of amides is 1. The van der Waals surface area contributed by atoms with E-state index in [2.05, 4.69) is 5.10 Å². The van der Waals surface area contributed by atoms with Gasteiger partial charge in [-0.15, -0.1) is 5.01 Å². The lowest BCUT2D eigenvalue weighted by atomic mass is 9.95. The molecule has 2 unspecified atom stereocenters. The first-order valence-corrected chi connectivity index (χ1v) is 9.46. The number of hydrogen-bond acceptors (Lipinski definition) is 4. The monoisotopic (exact) mass is 404 g/mol. The Morgan fingerprint density at radius 3 is 2.62 bits per heavy atom. The van der Waals surface area contributed by atoms with E-state index in [0.717, 1.165) is 25.3 Å². The number of quaternary nitrogens is 1. The van der Waals surface area contributed by atoms with Gasteiger partial charge in [-0.25, -0.2) is 4.79 Å². The van der Waals surface area contributed by atoms with E-state index < -0.39 is 23.2 Å². The number of carbonyl (C=O) groups excluding carboxylic acids is 1. The summed E-state index contributed by atoms with van der Waals surface area (Å²) in [7, 11) is 0. The van der Waals surface area contributed by atoms with Crippen molar-refractivity contribution in [3.8, 4) is 6.07 Å². The average molecular weight is 404 g/mol. The summed E-state index contributed by atoms with van der Waals surface area (Å²) in [5, 5.41) is 13.6. The highest BCUT2D eigenvalue weighted by Crippen LogP contribution is 2.32. The molecule has 8 heteroatoms. The van der Waals surface area contributed by atoms with Gasteiger partial charge in [0.1, 0.15) is 17.9 Å². The third-order valence-electron chi connectivity index (χ3n) is 4.90. The van der Waals surface area contributed by atoms with Gasteiger partial charge in [0.25, 0.3) is 0 Å². The Labute approximate surface area is 166 Å². The van der Waals surface area contributed by atoms with Crippen molar-refractivity contribution < 1.29 is 27.7 Å². The summed E-state index contributed by atoms with van der Waals surface area (Å²) >= 11 is 0. The first-order valence-electron chi connectivity index (χ1n) is 9.46. The van der Waals surface area contributed by atoms with Crippen LogP contribution in [-0.4, -0.2) is 30.5 Å².